The van der Waals surface area contributed by atoms with E-state index in [4.69, 9.17) is 10.2 Å². The quantitative estimate of drug-likeness (QED) is 0.226. The lowest BCUT2D eigenvalue weighted by Gasteiger charge is -2.16. The fourth-order valence-electron chi connectivity index (χ4n) is 3.90. The summed E-state index contributed by atoms with van der Waals surface area (Å²) in [5.41, 5.74) is 1.74. The fourth-order valence-corrected chi connectivity index (χ4v) is 4.42. The van der Waals surface area contributed by atoms with E-state index in [1.54, 1.807) is 11.5 Å². The number of carbonyl (C=O) groups excluding carboxylic acids is 1. The largest absolute Gasteiger partial charge is 0.481 e. The van der Waals surface area contributed by atoms with Crippen LogP contribution in [0.3, 0.4) is 0 Å². The maximum absolute atomic E-state index is 13.5. The maximum atomic E-state index is 13.5. The Morgan fingerprint density at radius 2 is 1.71 bits per heavy atom. The van der Waals surface area contributed by atoms with Gasteiger partial charge in [-0.25, -0.2) is 22.9 Å². The van der Waals surface area contributed by atoms with E-state index in [-0.39, 0.29) is 36.5 Å². The Balaban J connectivity index is 1.79. The first-order valence-electron chi connectivity index (χ1n) is 11.7. The van der Waals surface area contributed by atoms with Gasteiger partial charge in [0.1, 0.15) is 17.3 Å². The third-order valence-corrected chi connectivity index (χ3v) is 6.81. The summed E-state index contributed by atoms with van der Waals surface area (Å²) in [4.78, 5) is 28.2. The number of benzene rings is 2. The number of nitrogens with two attached hydrogens (primary N) is 1. The smallest absolute Gasteiger partial charge is 0.305 e. The number of aliphatic carboxylic acids is 1. The number of carboxylic acids is 1. The molecule has 3 rings (SSSR count). The van der Waals surface area contributed by atoms with Gasteiger partial charge in [0.15, 0.2) is 0 Å². The number of rotatable bonds is 12. The number of hydrogen-bond acceptors (Lipinski definition) is 7. The summed E-state index contributed by atoms with van der Waals surface area (Å²) in [5, 5.41) is 36.7. The van der Waals surface area contributed by atoms with E-state index in [0.29, 0.717) is 22.6 Å². The van der Waals surface area contributed by atoms with Crippen LogP contribution in [0.15, 0.2) is 53.4 Å². The molecule has 38 heavy (non-hydrogen) atoms. The highest BCUT2D eigenvalue weighted by Gasteiger charge is 2.22. The van der Waals surface area contributed by atoms with Crippen LogP contribution < -0.4 is 10.5 Å². The Kier molecular flexibility index (Phi) is 9.33. The first kappa shape index (κ1) is 28.9. The van der Waals surface area contributed by atoms with E-state index in [2.05, 4.69) is 10.3 Å². The molecule has 13 heteroatoms. The predicted molar refractivity (Wildman–Crippen MR) is 135 cm³/mol. The fraction of sp³-hybridized carbons (Fsp3) is 0.320. The van der Waals surface area contributed by atoms with Crippen molar-refractivity contribution in [1.29, 1.82) is 0 Å². The van der Waals surface area contributed by atoms with Crippen LogP contribution in [0.1, 0.15) is 41.0 Å². The van der Waals surface area contributed by atoms with Gasteiger partial charge in [-0.3, -0.25) is 9.59 Å². The summed E-state index contributed by atoms with van der Waals surface area (Å²) in [6.45, 7) is 1.94. The topological polar surface area (TPSA) is 185 Å². The summed E-state index contributed by atoms with van der Waals surface area (Å²) >= 11 is 0. The Bertz CT molecular complexity index is 1390. The van der Waals surface area contributed by atoms with Crippen molar-refractivity contribution >= 4 is 21.9 Å². The second kappa shape index (κ2) is 12.3. The van der Waals surface area contributed by atoms with Gasteiger partial charge in [-0.1, -0.05) is 12.1 Å². The van der Waals surface area contributed by atoms with Crippen LogP contribution in [0.5, 0.6) is 0 Å². The summed E-state index contributed by atoms with van der Waals surface area (Å²) < 4.78 is 38.0. The molecule has 2 atom stereocenters. The van der Waals surface area contributed by atoms with Gasteiger partial charge < -0.3 is 25.2 Å². The highest BCUT2D eigenvalue weighted by Crippen LogP contribution is 2.24. The van der Waals surface area contributed by atoms with E-state index in [9.17, 15) is 32.6 Å². The number of amides is 1. The van der Waals surface area contributed by atoms with Crippen LogP contribution >= 0.6 is 0 Å². The molecule has 1 aromatic heterocycles. The number of aromatic nitrogens is 2. The molecule has 0 aliphatic carbocycles. The molecule has 0 bridgehead atoms. The van der Waals surface area contributed by atoms with Crippen molar-refractivity contribution in [3.05, 3.63) is 71.3 Å². The molecule has 0 radical (unpaired) electrons. The number of nitrogens with zero attached hydrogens (tertiary/aromatic N) is 2. The number of imidazole rings is 1. The molecule has 1 heterocycles. The van der Waals surface area contributed by atoms with Crippen molar-refractivity contribution < 1.29 is 37.7 Å². The van der Waals surface area contributed by atoms with Crippen molar-refractivity contribution in [3.63, 3.8) is 0 Å². The molecule has 6 N–H and O–H groups in total. The summed E-state index contributed by atoms with van der Waals surface area (Å²) in [7, 11) is -3.84. The van der Waals surface area contributed by atoms with Crippen molar-refractivity contribution in [2.24, 2.45) is 5.14 Å². The molecule has 1 amide bonds. The average Bonchev–Trinajstić information content (AvgIpc) is 3.17. The van der Waals surface area contributed by atoms with Crippen molar-refractivity contribution in [1.82, 2.24) is 14.9 Å². The first-order valence-corrected chi connectivity index (χ1v) is 13.2. The van der Waals surface area contributed by atoms with E-state index in [1.807, 2.05) is 0 Å². The molecule has 0 saturated carbocycles. The van der Waals surface area contributed by atoms with Gasteiger partial charge in [-0.2, -0.15) is 0 Å². The van der Waals surface area contributed by atoms with Crippen LogP contribution in [-0.4, -0.2) is 57.4 Å². The molecule has 2 unspecified atom stereocenters. The van der Waals surface area contributed by atoms with Gasteiger partial charge in [0.25, 0.3) is 5.91 Å². The highest BCUT2D eigenvalue weighted by molar-refractivity contribution is 7.89. The van der Waals surface area contributed by atoms with E-state index >= 15 is 0 Å². The average molecular weight is 549 g/mol. The molecule has 2 aromatic carbocycles. The summed E-state index contributed by atoms with van der Waals surface area (Å²) in [5.74, 6) is -1.76. The van der Waals surface area contributed by atoms with Gasteiger partial charge >= 0.3 is 5.97 Å². The van der Waals surface area contributed by atoms with E-state index in [0.717, 1.165) is 0 Å². The molecular weight excluding hydrogens is 519 g/mol. The number of sulfonamides is 1. The summed E-state index contributed by atoms with van der Waals surface area (Å²) in [6, 6.07) is 11.2. The van der Waals surface area contributed by atoms with Crippen LogP contribution in [0, 0.1) is 12.7 Å². The van der Waals surface area contributed by atoms with Crippen molar-refractivity contribution in [3.8, 4) is 11.4 Å². The lowest BCUT2D eigenvalue weighted by molar-refractivity contribution is -0.139. The molecule has 0 saturated heterocycles. The highest BCUT2D eigenvalue weighted by atomic mass is 32.2. The molecule has 11 nitrogen and oxygen atoms in total. The number of carboxylic acid groups (broad SMARTS) is 1. The number of hydrogen-bond donors (Lipinski definition) is 5. The van der Waals surface area contributed by atoms with Gasteiger partial charge in [0.05, 0.1) is 23.5 Å². The normalized spacial score (nSPS) is 13.2. The lowest BCUT2D eigenvalue weighted by atomic mass is 10.1. The van der Waals surface area contributed by atoms with Crippen molar-refractivity contribution in [2.45, 2.75) is 56.4 Å². The van der Waals surface area contributed by atoms with E-state index < -0.39 is 46.3 Å². The zero-order chi connectivity index (χ0) is 28.0. The Hall–Kier alpha value is -3.65. The minimum atomic E-state index is -3.84. The van der Waals surface area contributed by atoms with Crippen LogP contribution in [0.4, 0.5) is 4.39 Å². The minimum absolute atomic E-state index is 0.0521. The second-order valence-corrected chi connectivity index (χ2v) is 10.4. The van der Waals surface area contributed by atoms with Gasteiger partial charge in [0, 0.05) is 24.3 Å². The van der Waals surface area contributed by atoms with Gasteiger partial charge in [-0.15, -0.1) is 0 Å². The van der Waals surface area contributed by atoms with E-state index in [1.165, 1.54) is 48.5 Å². The van der Waals surface area contributed by atoms with Crippen LogP contribution in [0.2, 0.25) is 0 Å². The molecule has 0 aliphatic rings. The maximum Gasteiger partial charge on any atom is 0.305 e. The Morgan fingerprint density at radius 1 is 1.08 bits per heavy atom. The predicted octanol–water partition coefficient (Wildman–Crippen LogP) is 1.55. The molecule has 0 aliphatic heterocycles. The Morgan fingerprint density at radius 3 is 2.29 bits per heavy atom. The Labute approximate surface area is 218 Å². The molecule has 0 fully saturated rings. The van der Waals surface area contributed by atoms with Gasteiger partial charge in [-0.05, 0) is 61.7 Å². The summed E-state index contributed by atoms with van der Waals surface area (Å²) in [6.07, 6.45) is -2.70. The number of nitrogens with one attached hydrogen (secondary N) is 1. The SMILES string of the molecule is Cc1c(C(=O)NCc2ccc(S(N)(=O)=O)cc2)nc(-c2ccc(F)cc2)n1CCC(O)CC(O)CC(=O)O. The standard InChI is InChI=1S/C25H29FN4O7S/c1-15-23(25(35)28-14-16-2-8-21(9-3-16)38(27,36)37)29-24(17-4-6-18(26)7-5-17)30(15)11-10-19(31)12-20(32)13-22(33)34/h2-9,19-20,31-32H,10-14H2,1H3,(H,28,35)(H,33,34)(H2,27,36,37). The van der Waals surface area contributed by atoms with Crippen LogP contribution in [0.25, 0.3) is 11.4 Å². The number of primary sulfonamides is 1. The van der Waals surface area contributed by atoms with Gasteiger partial charge in [0.2, 0.25) is 10.0 Å². The molecule has 3 aromatic rings. The first-order chi connectivity index (χ1) is 17.8. The number of aliphatic hydroxyl groups excluding tert-OH is 2. The third-order valence-electron chi connectivity index (χ3n) is 5.88. The minimum Gasteiger partial charge on any atom is -0.481 e. The molecular formula is C25H29FN4O7S. The number of halogens is 1. The molecule has 204 valence electrons. The monoisotopic (exact) mass is 548 g/mol. The molecule has 0 spiro atoms. The zero-order valence-corrected chi connectivity index (χ0v) is 21.4. The lowest BCUT2D eigenvalue weighted by Crippen LogP contribution is -2.24. The van der Waals surface area contributed by atoms with Crippen LogP contribution in [-0.2, 0) is 27.9 Å². The number of aliphatic hydroxyl groups is 2. The zero-order valence-electron chi connectivity index (χ0n) is 20.5. The second-order valence-electron chi connectivity index (χ2n) is 8.83. The third kappa shape index (κ3) is 7.68. The van der Waals surface area contributed by atoms with Crippen molar-refractivity contribution in [2.75, 3.05) is 0 Å². The number of carbonyl (C=O) groups is 2.